The van der Waals surface area contributed by atoms with Crippen molar-refractivity contribution in [1.29, 1.82) is 0 Å². The summed E-state index contributed by atoms with van der Waals surface area (Å²) in [6, 6.07) is 8.68. The molecule has 0 saturated carbocycles. The van der Waals surface area contributed by atoms with E-state index in [-0.39, 0.29) is 12.2 Å². The van der Waals surface area contributed by atoms with Crippen LogP contribution in [0.15, 0.2) is 36.4 Å². The molecule has 0 amide bonds. The molecule has 0 unspecified atom stereocenters. The van der Waals surface area contributed by atoms with E-state index in [1.165, 1.54) is 18.2 Å². The molecule has 0 aliphatic carbocycles. The van der Waals surface area contributed by atoms with Crippen molar-refractivity contribution in [3.8, 4) is 5.75 Å². The molecule has 2 rings (SSSR count). The third-order valence-electron chi connectivity index (χ3n) is 2.58. The molecule has 0 spiro atoms. The van der Waals surface area contributed by atoms with E-state index in [1.807, 2.05) is 0 Å². The molecular formula is C14H10Cl2F2O. The van der Waals surface area contributed by atoms with Gasteiger partial charge in [0.05, 0.1) is 10.6 Å². The largest absolute Gasteiger partial charge is 0.487 e. The second kappa shape index (κ2) is 6.22. The number of rotatable bonds is 4. The minimum absolute atomic E-state index is 0.125. The number of benzene rings is 2. The lowest BCUT2D eigenvalue weighted by Gasteiger charge is -2.10. The molecule has 0 atom stereocenters. The van der Waals surface area contributed by atoms with Crippen molar-refractivity contribution in [2.45, 2.75) is 12.5 Å². The second-order valence-electron chi connectivity index (χ2n) is 3.89. The van der Waals surface area contributed by atoms with Crippen molar-refractivity contribution in [3.63, 3.8) is 0 Å². The molecule has 0 N–H and O–H groups in total. The molecule has 0 radical (unpaired) electrons. The predicted molar refractivity (Wildman–Crippen MR) is 71.7 cm³/mol. The maximum absolute atomic E-state index is 13.4. The molecule has 5 heteroatoms. The normalized spacial score (nSPS) is 10.5. The monoisotopic (exact) mass is 302 g/mol. The van der Waals surface area contributed by atoms with E-state index in [2.05, 4.69) is 0 Å². The van der Waals surface area contributed by atoms with Crippen molar-refractivity contribution in [2.24, 2.45) is 0 Å². The topological polar surface area (TPSA) is 9.23 Å². The molecule has 0 aliphatic heterocycles. The first kappa shape index (κ1) is 14.1. The Kier molecular flexibility index (Phi) is 4.61. The van der Waals surface area contributed by atoms with Gasteiger partial charge in [0, 0.05) is 5.88 Å². The molecule has 0 aromatic heterocycles. The fourth-order valence-corrected chi connectivity index (χ4v) is 1.99. The van der Waals surface area contributed by atoms with Gasteiger partial charge in [-0.1, -0.05) is 23.7 Å². The third-order valence-corrected chi connectivity index (χ3v) is 3.19. The van der Waals surface area contributed by atoms with Crippen LogP contribution in [0.4, 0.5) is 8.78 Å². The summed E-state index contributed by atoms with van der Waals surface area (Å²) < 4.78 is 32.1. The highest BCUT2D eigenvalue weighted by atomic mass is 35.5. The molecule has 0 heterocycles. The first-order chi connectivity index (χ1) is 9.11. The van der Waals surface area contributed by atoms with Crippen LogP contribution in [0.25, 0.3) is 0 Å². The third kappa shape index (κ3) is 3.37. The van der Waals surface area contributed by atoms with Gasteiger partial charge in [-0.3, -0.25) is 0 Å². The minimum atomic E-state index is -0.645. The molecule has 0 bridgehead atoms. The number of hydrogen-bond donors (Lipinski definition) is 0. The van der Waals surface area contributed by atoms with Crippen LogP contribution >= 0.6 is 23.2 Å². The summed E-state index contributed by atoms with van der Waals surface area (Å²) in [5.41, 5.74) is 0.719. The lowest BCUT2D eigenvalue weighted by atomic mass is 10.2. The van der Waals surface area contributed by atoms with Crippen LogP contribution in [-0.2, 0) is 12.5 Å². The van der Waals surface area contributed by atoms with E-state index in [0.717, 1.165) is 5.56 Å². The first-order valence-corrected chi connectivity index (χ1v) is 6.43. The summed E-state index contributed by atoms with van der Waals surface area (Å²) in [5, 5.41) is 0.356. The summed E-state index contributed by atoms with van der Waals surface area (Å²) in [5.74, 6) is -0.595. The quantitative estimate of drug-likeness (QED) is 0.727. The van der Waals surface area contributed by atoms with E-state index >= 15 is 0 Å². The Morgan fingerprint density at radius 2 is 1.74 bits per heavy atom. The molecule has 1 nitrogen and oxygen atoms in total. The highest BCUT2D eigenvalue weighted by Gasteiger charge is 2.10. The zero-order chi connectivity index (χ0) is 13.8. The summed E-state index contributed by atoms with van der Waals surface area (Å²) >= 11 is 11.6. The number of alkyl halides is 1. The van der Waals surface area contributed by atoms with Crippen molar-refractivity contribution < 1.29 is 13.5 Å². The minimum Gasteiger partial charge on any atom is -0.487 e. The predicted octanol–water partition coefficient (Wildman–Crippen LogP) is 4.94. The van der Waals surface area contributed by atoms with Crippen LogP contribution < -0.4 is 4.74 Å². The first-order valence-electron chi connectivity index (χ1n) is 5.52. The van der Waals surface area contributed by atoms with Crippen LogP contribution in [0.3, 0.4) is 0 Å². The Morgan fingerprint density at radius 1 is 1.05 bits per heavy atom. The van der Waals surface area contributed by atoms with Crippen LogP contribution in [0.1, 0.15) is 11.1 Å². The SMILES string of the molecule is Fc1cccc(F)c1COc1ccc(CCl)cc1Cl. The standard InChI is InChI=1S/C14H10Cl2F2O/c15-7-9-4-5-14(11(16)6-9)19-8-10-12(17)2-1-3-13(10)18/h1-6H,7-8H2. The van der Waals surface area contributed by atoms with Gasteiger partial charge in [-0.2, -0.15) is 0 Å². The van der Waals surface area contributed by atoms with Gasteiger partial charge in [0.25, 0.3) is 0 Å². The van der Waals surface area contributed by atoms with Crippen LogP contribution in [0, 0.1) is 11.6 Å². The lowest BCUT2D eigenvalue weighted by molar-refractivity contribution is 0.292. The molecule has 0 fully saturated rings. The fourth-order valence-electron chi connectivity index (χ4n) is 1.56. The zero-order valence-corrected chi connectivity index (χ0v) is 11.3. The van der Waals surface area contributed by atoms with Gasteiger partial charge >= 0.3 is 0 Å². The number of ether oxygens (including phenoxy) is 1. The average molecular weight is 303 g/mol. The van der Waals surface area contributed by atoms with E-state index in [9.17, 15) is 8.78 Å². The highest BCUT2D eigenvalue weighted by Crippen LogP contribution is 2.27. The van der Waals surface area contributed by atoms with Gasteiger partial charge in [0.1, 0.15) is 24.0 Å². The van der Waals surface area contributed by atoms with Gasteiger partial charge in [-0.05, 0) is 29.8 Å². The molecule has 100 valence electrons. The molecule has 0 saturated heterocycles. The Balaban J connectivity index is 2.15. The number of halogens is 4. The van der Waals surface area contributed by atoms with Crippen LogP contribution in [0.2, 0.25) is 5.02 Å². The summed E-state index contributed by atoms with van der Waals surface area (Å²) in [7, 11) is 0. The van der Waals surface area contributed by atoms with Gasteiger partial charge in [0.2, 0.25) is 0 Å². The van der Waals surface area contributed by atoms with E-state index in [0.29, 0.717) is 16.7 Å². The molecule has 2 aromatic rings. The Morgan fingerprint density at radius 3 is 2.32 bits per heavy atom. The maximum Gasteiger partial charge on any atom is 0.138 e. The Bertz CT molecular complexity index is 567. The Hall–Kier alpha value is -1.32. The van der Waals surface area contributed by atoms with Gasteiger partial charge in [-0.15, -0.1) is 11.6 Å². The van der Waals surface area contributed by atoms with Crippen molar-refractivity contribution in [2.75, 3.05) is 0 Å². The summed E-state index contributed by atoms with van der Waals surface area (Å²) in [6.45, 7) is -0.224. The van der Waals surface area contributed by atoms with Crippen LogP contribution in [0.5, 0.6) is 5.75 Å². The van der Waals surface area contributed by atoms with Gasteiger partial charge in [-0.25, -0.2) is 8.78 Å². The summed E-state index contributed by atoms with van der Waals surface area (Å²) in [6.07, 6.45) is 0. The fraction of sp³-hybridized carbons (Fsp3) is 0.143. The lowest BCUT2D eigenvalue weighted by Crippen LogP contribution is -2.02. The van der Waals surface area contributed by atoms with Crippen molar-refractivity contribution in [3.05, 3.63) is 64.2 Å². The average Bonchev–Trinajstić information content (AvgIpc) is 2.39. The summed E-state index contributed by atoms with van der Waals surface area (Å²) in [4.78, 5) is 0. The smallest absolute Gasteiger partial charge is 0.138 e. The Labute approximate surface area is 119 Å². The van der Waals surface area contributed by atoms with Gasteiger partial charge < -0.3 is 4.74 Å². The van der Waals surface area contributed by atoms with Crippen LogP contribution in [-0.4, -0.2) is 0 Å². The number of hydrogen-bond acceptors (Lipinski definition) is 1. The van der Waals surface area contributed by atoms with Crippen molar-refractivity contribution in [1.82, 2.24) is 0 Å². The van der Waals surface area contributed by atoms with E-state index in [4.69, 9.17) is 27.9 Å². The second-order valence-corrected chi connectivity index (χ2v) is 4.56. The maximum atomic E-state index is 13.4. The highest BCUT2D eigenvalue weighted by molar-refractivity contribution is 6.32. The zero-order valence-electron chi connectivity index (χ0n) is 9.80. The van der Waals surface area contributed by atoms with Crippen molar-refractivity contribution >= 4 is 23.2 Å². The molecule has 19 heavy (non-hydrogen) atoms. The van der Waals surface area contributed by atoms with Gasteiger partial charge in [0.15, 0.2) is 0 Å². The van der Waals surface area contributed by atoms with E-state index in [1.54, 1.807) is 18.2 Å². The molecule has 2 aromatic carbocycles. The van der Waals surface area contributed by atoms with E-state index < -0.39 is 11.6 Å². The molecule has 0 aliphatic rings. The molecular weight excluding hydrogens is 293 g/mol.